The third-order valence-electron chi connectivity index (χ3n) is 3.85. The van der Waals surface area contributed by atoms with Crippen LogP contribution in [0.4, 0.5) is 0 Å². The summed E-state index contributed by atoms with van der Waals surface area (Å²) in [4.78, 5) is 12.6. The summed E-state index contributed by atoms with van der Waals surface area (Å²) >= 11 is 0. The second-order valence-corrected chi connectivity index (χ2v) is 5.64. The molecule has 0 atom stereocenters. The average Bonchev–Trinajstić information content (AvgIpc) is 2.67. The van der Waals surface area contributed by atoms with Crippen LogP contribution in [0.2, 0.25) is 0 Å². The van der Waals surface area contributed by atoms with Crippen LogP contribution in [0.5, 0.6) is 5.75 Å². The van der Waals surface area contributed by atoms with Crippen LogP contribution in [-0.2, 0) is 6.54 Å². The molecule has 0 spiro atoms. The van der Waals surface area contributed by atoms with Gasteiger partial charge >= 0.3 is 0 Å². The van der Waals surface area contributed by atoms with Gasteiger partial charge in [-0.3, -0.25) is 4.79 Å². The van der Waals surface area contributed by atoms with E-state index in [1.165, 1.54) is 6.08 Å². The number of nitrogens with one attached hydrogen (secondary N) is 1. The number of aromatic hydroxyl groups is 1. The smallest absolute Gasteiger partial charge is 0.187 e. The van der Waals surface area contributed by atoms with Crippen molar-refractivity contribution in [3.63, 3.8) is 0 Å². The largest absolute Gasteiger partial charge is 0.507 e. The molecule has 0 radical (unpaired) electrons. The molecule has 0 aliphatic rings. The van der Waals surface area contributed by atoms with E-state index < -0.39 is 0 Å². The average molecular weight is 329 g/mol. The Morgan fingerprint density at radius 1 is 0.840 bits per heavy atom. The van der Waals surface area contributed by atoms with E-state index in [9.17, 15) is 9.90 Å². The van der Waals surface area contributed by atoms with Crippen molar-refractivity contribution in [2.24, 2.45) is 0 Å². The standard InChI is InChI=1S/C22H19NO2/c24-21-14-8-7-13-19(21)20(23-16-17-9-3-1-4-10-17)15-22(25)18-11-5-2-6-12-18/h1-15,23-24H,16H2/b20-15-. The highest BCUT2D eigenvalue weighted by molar-refractivity contribution is 6.08. The second kappa shape index (κ2) is 7.97. The normalized spacial score (nSPS) is 11.1. The zero-order valence-electron chi connectivity index (χ0n) is 13.7. The van der Waals surface area contributed by atoms with E-state index in [4.69, 9.17) is 0 Å². The van der Waals surface area contributed by atoms with Crippen molar-refractivity contribution in [2.75, 3.05) is 0 Å². The summed E-state index contributed by atoms with van der Waals surface area (Å²) in [7, 11) is 0. The highest BCUT2D eigenvalue weighted by atomic mass is 16.3. The van der Waals surface area contributed by atoms with Gasteiger partial charge in [-0.1, -0.05) is 72.8 Å². The highest BCUT2D eigenvalue weighted by Crippen LogP contribution is 2.23. The number of phenolic OH excluding ortho intramolecular Hbond substituents is 1. The molecule has 0 saturated heterocycles. The topological polar surface area (TPSA) is 49.3 Å². The molecule has 0 aromatic heterocycles. The number of hydrogen-bond acceptors (Lipinski definition) is 3. The summed E-state index contributed by atoms with van der Waals surface area (Å²) in [6.07, 6.45) is 1.54. The van der Waals surface area contributed by atoms with Crippen molar-refractivity contribution >= 4 is 11.5 Å². The monoisotopic (exact) mass is 329 g/mol. The first kappa shape index (κ1) is 16.5. The number of allylic oxidation sites excluding steroid dienone is 1. The van der Waals surface area contributed by atoms with Crippen LogP contribution in [0.1, 0.15) is 21.5 Å². The van der Waals surface area contributed by atoms with Gasteiger partial charge in [-0.25, -0.2) is 0 Å². The van der Waals surface area contributed by atoms with Gasteiger partial charge in [0.05, 0.1) is 0 Å². The minimum atomic E-state index is -0.112. The number of phenols is 1. The molecule has 3 nitrogen and oxygen atoms in total. The van der Waals surface area contributed by atoms with Crippen molar-refractivity contribution in [3.8, 4) is 5.75 Å². The zero-order chi connectivity index (χ0) is 17.5. The van der Waals surface area contributed by atoms with Gasteiger partial charge in [-0.05, 0) is 17.7 Å². The summed E-state index contributed by atoms with van der Waals surface area (Å²) in [5, 5.41) is 13.4. The molecule has 3 rings (SSSR count). The fourth-order valence-electron chi connectivity index (χ4n) is 2.54. The van der Waals surface area contributed by atoms with Crippen LogP contribution in [0.3, 0.4) is 0 Å². The predicted molar refractivity (Wildman–Crippen MR) is 100 cm³/mol. The number of rotatable bonds is 6. The lowest BCUT2D eigenvalue weighted by atomic mass is 10.1. The number of ketones is 1. The fourth-order valence-corrected chi connectivity index (χ4v) is 2.54. The molecule has 3 aromatic rings. The lowest BCUT2D eigenvalue weighted by molar-refractivity contribution is 0.104. The Labute approximate surface area is 147 Å². The van der Waals surface area contributed by atoms with Gasteiger partial charge in [-0.15, -0.1) is 0 Å². The maximum Gasteiger partial charge on any atom is 0.187 e. The number of carbonyl (C=O) groups is 1. The molecular formula is C22H19NO2. The summed E-state index contributed by atoms with van der Waals surface area (Å²) in [5.41, 5.74) is 2.89. The number of hydrogen-bond donors (Lipinski definition) is 2. The molecule has 0 bridgehead atoms. The second-order valence-electron chi connectivity index (χ2n) is 5.64. The van der Waals surface area contributed by atoms with Crippen LogP contribution in [-0.4, -0.2) is 10.9 Å². The van der Waals surface area contributed by atoms with Gasteiger partial charge in [0, 0.05) is 29.4 Å². The molecular weight excluding hydrogens is 310 g/mol. The Balaban J connectivity index is 1.90. The third kappa shape index (κ3) is 4.36. The Morgan fingerprint density at radius 2 is 1.44 bits per heavy atom. The molecule has 0 unspecified atom stereocenters. The number of carbonyl (C=O) groups excluding carboxylic acids is 1. The lowest BCUT2D eigenvalue weighted by Gasteiger charge is -2.13. The summed E-state index contributed by atoms with van der Waals surface area (Å²) in [6.45, 7) is 0.559. The summed E-state index contributed by atoms with van der Waals surface area (Å²) in [5.74, 6) is 0.0228. The molecule has 3 aromatic carbocycles. The molecule has 2 N–H and O–H groups in total. The highest BCUT2D eigenvalue weighted by Gasteiger charge is 2.10. The van der Waals surface area contributed by atoms with Gasteiger partial charge in [0.15, 0.2) is 5.78 Å². The van der Waals surface area contributed by atoms with E-state index in [1.54, 1.807) is 30.3 Å². The molecule has 0 fully saturated rings. The van der Waals surface area contributed by atoms with Gasteiger partial charge in [0.1, 0.15) is 5.75 Å². The van der Waals surface area contributed by atoms with Crippen molar-refractivity contribution in [1.29, 1.82) is 0 Å². The molecule has 3 heteroatoms. The molecule has 0 amide bonds. The molecule has 0 saturated carbocycles. The fraction of sp³-hybridized carbons (Fsp3) is 0.0455. The quantitative estimate of drug-likeness (QED) is 0.520. The van der Waals surface area contributed by atoms with E-state index in [-0.39, 0.29) is 11.5 Å². The van der Waals surface area contributed by atoms with Gasteiger partial charge in [-0.2, -0.15) is 0 Å². The van der Waals surface area contributed by atoms with Crippen LogP contribution in [0.25, 0.3) is 5.70 Å². The van der Waals surface area contributed by atoms with E-state index in [0.29, 0.717) is 23.4 Å². The van der Waals surface area contributed by atoms with Crippen LogP contribution in [0, 0.1) is 0 Å². The third-order valence-corrected chi connectivity index (χ3v) is 3.85. The van der Waals surface area contributed by atoms with E-state index in [1.807, 2.05) is 54.6 Å². The first-order valence-electron chi connectivity index (χ1n) is 8.11. The van der Waals surface area contributed by atoms with Crippen molar-refractivity contribution in [2.45, 2.75) is 6.54 Å². The zero-order valence-corrected chi connectivity index (χ0v) is 13.7. The van der Waals surface area contributed by atoms with E-state index in [0.717, 1.165) is 5.56 Å². The molecule has 0 aliphatic heterocycles. The minimum Gasteiger partial charge on any atom is -0.507 e. The summed E-state index contributed by atoms with van der Waals surface area (Å²) in [6, 6.07) is 26.0. The van der Waals surface area contributed by atoms with Gasteiger partial charge < -0.3 is 10.4 Å². The number of benzene rings is 3. The first-order valence-corrected chi connectivity index (χ1v) is 8.11. The lowest BCUT2D eigenvalue weighted by Crippen LogP contribution is -2.13. The van der Waals surface area contributed by atoms with E-state index in [2.05, 4.69) is 5.32 Å². The van der Waals surface area contributed by atoms with Crippen molar-refractivity contribution in [3.05, 3.63) is 108 Å². The Hall–Kier alpha value is -3.33. The molecule has 25 heavy (non-hydrogen) atoms. The number of para-hydroxylation sites is 1. The van der Waals surface area contributed by atoms with Crippen LogP contribution < -0.4 is 5.32 Å². The van der Waals surface area contributed by atoms with Crippen molar-refractivity contribution in [1.82, 2.24) is 5.32 Å². The summed E-state index contributed by atoms with van der Waals surface area (Å²) < 4.78 is 0. The van der Waals surface area contributed by atoms with Gasteiger partial charge in [0.25, 0.3) is 0 Å². The van der Waals surface area contributed by atoms with Gasteiger partial charge in [0.2, 0.25) is 0 Å². The maximum absolute atomic E-state index is 12.6. The maximum atomic E-state index is 12.6. The Kier molecular flexibility index (Phi) is 5.27. The van der Waals surface area contributed by atoms with E-state index >= 15 is 0 Å². The Morgan fingerprint density at radius 3 is 2.12 bits per heavy atom. The van der Waals surface area contributed by atoms with Crippen LogP contribution in [0.15, 0.2) is 91.0 Å². The Bertz CT molecular complexity index is 871. The molecule has 0 aliphatic carbocycles. The molecule has 0 heterocycles. The SMILES string of the molecule is O=C(/C=C(\NCc1ccccc1)c1ccccc1O)c1ccccc1. The minimum absolute atomic E-state index is 0.112. The van der Waals surface area contributed by atoms with Crippen molar-refractivity contribution < 1.29 is 9.90 Å². The van der Waals surface area contributed by atoms with Crippen LogP contribution >= 0.6 is 0 Å². The molecule has 124 valence electrons. The predicted octanol–water partition coefficient (Wildman–Crippen LogP) is 4.41. The first-order chi connectivity index (χ1) is 12.2.